The minimum atomic E-state index is 0.261. The second kappa shape index (κ2) is 5.03. The molecule has 0 aromatic carbocycles. The fourth-order valence-electron chi connectivity index (χ4n) is 1.65. The van der Waals surface area contributed by atoms with E-state index in [1.165, 1.54) is 0 Å². The van der Waals surface area contributed by atoms with E-state index in [4.69, 9.17) is 5.73 Å². The molecule has 2 heterocycles. The number of aromatic nitrogens is 4. The van der Waals surface area contributed by atoms with E-state index >= 15 is 0 Å². The highest BCUT2D eigenvalue weighted by Crippen LogP contribution is 2.15. The minimum Gasteiger partial charge on any atom is -0.370 e. The molecule has 6 heteroatoms. The lowest BCUT2D eigenvalue weighted by Gasteiger charge is -2.09. The van der Waals surface area contributed by atoms with Crippen LogP contribution < -0.4 is 11.1 Å². The van der Waals surface area contributed by atoms with Crippen LogP contribution in [0, 0.1) is 13.8 Å². The molecule has 6 nitrogen and oxygen atoms in total. The van der Waals surface area contributed by atoms with Crippen molar-refractivity contribution >= 4 is 11.8 Å². The molecular formula is C12H18N6. The molecule has 2 aromatic rings. The van der Waals surface area contributed by atoms with Gasteiger partial charge in [0.15, 0.2) is 0 Å². The molecule has 0 saturated heterocycles. The number of nitrogen functional groups attached to an aromatic ring is 1. The maximum atomic E-state index is 5.73. The van der Waals surface area contributed by atoms with Crippen molar-refractivity contribution in [2.24, 2.45) is 0 Å². The van der Waals surface area contributed by atoms with Crippen molar-refractivity contribution in [3.8, 4) is 5.82 Å². The highest BCUT2D eigenvalue weighted by molar-refractivity contribution is 5.46. The van der Waals surface area contributed by atoms with Crippen LogP contribution in [0.25, 0.3) is 5.82 Å². The van der Waals surface area contributed by atoms with Gasteiger partial charge in [0, 0.05) is 18.3 Å². The average molecular weight is 246 g/mol. The van der Waals surface area contributed by atoms with Gasteiger partial charge in [0.2, 0.25) is 5.95 Å². The molecule has 2 rings (SSSR count). The van der Waals surface area contributed by atoms with E-state index in [1.54, 1.807) is 6.33 Å². The first-order valence-corrected chi connectivity index (χ1v) is 6.01. The van der Waals surface area contributed by atoms with Crippen molar-refractivity contribution in [2.75, 3.05) is 17.6 Å². The highest BCUT2D eigenvalue weighted by atomic mass is 15.2. The number of nitrogens with one attached hydrogen (secondary N) is 1. The Morgan fingerprint density at radius 3 is 2.72 bits per heavy atom. The molecule has 2 aromatic heterocycles. The van der Waals surface area contributed by atoms with Gasteiger partial charge in [-0.25, -0.2) is 4.98 Å². The molecule has 0 bridgehead atoms. The lowest BCUT2D eigenvalue weighted by Crippen LogP contribution is -2.08. The summed E-state index contributed by atoms with van der Waals surface area (Å²) in [6, 6.07) is 1.88. The Labute approximate surface area is 106 Å². The second-order valence-corrected chi connectivity index (χ2v) is 4.18. The fourth-order valence-corrected chi connectivity index (χ4v) is 1.65. The van der Waals surface area contributed by atoms with Gasteiger partial charge < -0.3 is 11.1 Å². The zero-order chi connectivity index (χ0) is 13.1. The molecule has 0 unspecified atom stereocenters. The Bertz CT molecular complexity index is 545. The van der Waals surface area contributed by atoms with Gasteiger partial charge in [0.05, 0.1) is 5.69 Å². The number of nitrogens with zero attached hydrogens (tertiary/aromatic N) is 4. The smallest absolute Gasteiger partial charge is 0.223 e. The summed E-state index contributed by atoms with van der Waals surface area (Å²) in [6.45, 7) is 6.92. The lowest BCUT2D eigenvalue weighted by molar-refractivity contribution is 0.928. The van der Waals surface area contributed by atoms with Gasteiger partial charge in [-0.3, -0.25) is 4.57 Å². The number of imidazole rings is 1. The van der Waals surface area contributed by atoms with Crippen LogP contribution in [0.15, 0.2) is 12.4 Å². The Morgan fingerprint density at radius 2 is 2.11 bits per heavy atom. The summed E-state index contributed by atoms with van der Waals surface area (Å²) in [5.74, 6) is 1.74. The monoisotopic (exact) mass is 246 g/mol. The quantitative estimate of drug-likeness (QED) is 0.857. The standard InChI is InChI=1S/C12H18N6/c1-4-5-14-10-6-11(17-12(13)16-10)18-7-15-8(2)9(18)3/h6-7H,4-5H2,1-3H3,(H3,13,14,16,17). The zero-order valence-corrected chi connectivity index (χ0v) is 10.9. The van der Waals surface area contributed by atoms with Crippen molar-refractivity contribution in [3.05, 3.63) is 23.8 Å². The first kappa shape index (κ1) is 12.3. The molecule has 96 valence electrons. The number of hydrogen-bond donors (Lipinski definition) is 2. The summed E-state index contributed by atoms with van der Waals surface area (Å²) in [5.41, 5.74) is 7.76. The molecule has 0 saturated carbocycles. The number of nitrogens with two attached hydrogens (primary N) is 1. The summed E-state index contributed by atoms with van der Waals surface area (Å²) >= 11 is 0. The Morgan fingerprint density at radius 1 is 1.33 bits per heavy atom. The second-order valence-electron chi connectivity index (χ2n) is 4.18. The van der Waals surface area contributed by atoms with Crippen LogP contribution >= 0.6 is 0 Å². The third-order valence-corrected chi connectivity index (χ3v) is 2.78. The summed E-state index contributed by atoms with van der Waals surface area (Å²) in [7, 11) is 0. The number of anilines is 2. The van der Waals surface area contributed by atoms with E-state index in [9.17, 15) is 0 Å². The van der Waals surface area contributed by atoms with Crippen molar-refractivity contribution in [1.29, 1.82) is 0 Å². The Kier molecular flexibility index (Phi) is 3.45. The van der Waals surface area contributed by atoms with Gasteiger partial charge in [-0.05, 0) is 20.3 Å². The molecule has 0 atom stereocenters. The van der Waals surface area contributed by atoms with Crippen molar-refractivity contribution in [2.45, 2.75) is 27.2 Å². The fraction of sp³-hybridized carbons (Fsp3) is 0.417. The van der Waals surface area contributed by atoms with Gasteiger partial charge in [-0.15, -0.1) is 0 Å². The summed E-state index contributed by atoms with van der Waals surface area (Å²) in [4.78, 5) is 12.6. The van der Waals surface area contributed by atoms with E-state index in [2.05, 4.69) is 27.2 Å². The van der Waals surface area contributed by atoms with Crippen LogP contribution in [0.4, 0.5) is 11.8 Å². The van der Waals surface area contributed by atoms with E-state index in [1.807, 2.05) is 24.5 Å². The summed E-state index contributed by atoms with van der Waals surface area (Å²) in [6.07, 6.45) is 2.78. The molecule has 0 radical (unpaired) electrons. The third-order valence-electron chi connectivity index (χ3n) is 2.78. The van der Waals surface area contributed by atoms with Crippen LogP contribution in [0.1, 0.15) is 24.7 Å². The van der Waals surface area contributed by atoms with Crippen LogP contribution in [0.5, 0.6) is 0 Å². The molecule has 0 spiro atoms. The molecule has 0 aliphatic rings. The van der Waals surface area contributed by atoms with Gasteiger partial charge in [0.1, 0.15) is 18.0 Å². The van der Waals surface area contributed by atoms with Gasteiger partial charge in [-0.1, -0.05) is 6.92 Å². The zero-order valence-electron chi connectivity index (χ0n) is 10.9. The maximum absolute atomic E-state index is 5.73. The maximum Gasteiger partial charge on any atom is 0.223 e. The average Bonchev–Trinajstić information content (AvgIpc) is 2.67. The van der Waals surface area contributed by atoms with Gasteiger partial charge >= 0.3 is 0 Å². The largest absolute Gasteiger partial charge is 0.370 e. The normalized spacial score (nSPS) is 10.6. The first-order chi connectivity index (χ1) is 8.61. The summed E-state index contributed by atoms with van der Waals surface area (Å²) < 4.78 is 1.91. The van der Waals surface area contributed by atoms with Crippen LogP contribution in [-0.2, 0) is 0 Å². The number of rotatable bonds is 4. The number of hydrogen-bond acceptors (Lipinski definition) is 5. The predicted molar refractivity (Wildman–Crippen MR) is 71.8 cm³/mol. The molecule has 0 aliphatic heterocycles. The Balaban J connectivity index is 2.38. The summed E-state index contributed by atoms with van der Waals surface area (Å²) in [5, 5.41) is 3.21. The van der Waals surface area contributed by atoms with E-state index in [0.29, 0.717) is 0 Å². The van der Waals surface area contributed by atoms with Crippen LogP contribution in [-0.4, -0.2) is 26.1 Å². The van der Waals surface area contributed by atoms with Gasteiger partial charge in [-0.2, -0.15) is 9.97 Å². The molecule has 18 heavy (non-hydrogen) atoms. The first-order valence-electron chi connectivity index (χ1n) is 6.01. The van der Waals surface area contributed by atoms with Crippen molar-refractivity contribution in [3.63, 3.8) is 0 Å². The molecule has 0 aliphatic carbocycles. The van der Waals surface area contributed by atoms with Gasteiger partial charge in [0.25, 0.3) is 0 Å². The topological polar surface area (TPSA) is 81.7 Å². The number of aryl methyl sites for hydroxylation is 1. The Hall–Kier alpha value is -2.11. The van der Waals surface area contributed by atoms with E-state index < -0.39 is 0 Å². The van der Waals surface area contributed by atoms with Crippen LogP contribution in [0.2, 0.25) is 0 Å². The highest BCUT2D eigenvalue weighted by Gasteiger charge is 2.08. The molecule has 0 fully saturated rings. The van der Waals surface area contributed by atoms with E-state index in [0.717, 1.165) is 36.0 Å². The van der Waals surface area contributed by atoms with E-state index in [-0.39, 0.29) is 5.95 Å². The van der Waals surface area contributed by atoms with Crippen molar-refractivity contribution < 1.29 is 0 Å². The van der Waals surface area contributed by atoms with Crippen molar-refractivity contribution in [1.82, 2.24) is 19.5 Å². The molecule has 0 amide bonds. The van der Waals surface area contributed by atoms with Crippen LogP contribution in [0.3, 0.4) is 0 Å². The SMILES string of the molecule is CCCNc1cc(-n2cnc(C)c2C)nc(N)n1. The molecular weight excluding hydrogens is 228 g/mol. The minimum absolute atomic E-state index is 0.261. The molecule has 3 N–H and O–H groups in total. The third kappa shape index (κ3) is 2.42. The lowest BCUT2D eigenvalue weighted by atomic mass is 10.3. The predicted octanol–water partition coefficient (Wildman–Crippen LogP) is 1.68.